The van der Waals surface area contributed by atoms with Gasteiger partial charge in [-0.1, -0.05) is 54.4 Å². The zero-order valence-corrected chi connectivity index (χ0v) is 19.4. The molecule has 1 unspecified atom stereocenters. The summed E-state index contributed by atoms with van der Waals surface area (Å²) in [5.74, 6) is -0.327. The van der Waals surface area contributed by atoms with E-state index in [1.807, 2.05) is 56.3 Å². The Morgan fingerprint density at radius 3 is 2.48 bits per heavy atom. The van der Waals surface area contributed by atoms with Gasteiger partial charge in [-0.05, 0) is 61.4 Å². The molecule has 1 atom stereocenters. The van der Waals surface area contributed by atoms with Gasteiger partial charge in [-0.2, -0.15) is 0 Å². The van der Waals surface area contributed by atoms with Crippen LogP contribution in [0.2, 0.25) is 10.0 Å². The van der Waals surface area contributed by atoms with E-state index in [-0.39, 0.29) is 17.1 Å². The lowest BCUT2D eigenvalue weighted by Crippen LogP contribution is -2.24. The standard InChI is InChI=1S/C24H22Cl2N2O2S/c1-3-22(24(30)28-21-13-16(25)11-12-20(21)26)31-18-9-6-8-17(14-18)27-23(29)19-10-5-4-7-15(19)2/h4-14,22H,3H2,1-2H3,(H,27,29)(H,28,30). The largest absolute Gasteiger partial charge is 0.324 e. The van der Waals surface area contributed by atoms with E-state index in [0.29, 0.717) is 33.4 Å². The Morgan fingerprint density at radius 2 is 1.74 bits per heavy atom. The maximum Gasteiger partial charge on any atom is 0.255 e. The first-order chi connectivity index (χ1) is 14.9. The summed E-state index contributed by atoms with van der Waals surface area (Å²) in [6, 6.07) is 19.8. The van der Waals surface area contributed by atoms with E-state index < -0.39 is 0 Å². The van der Waals surface area contributed by atoms with Crippen LogP contribution in [0.5, 0.6) is 0 Å². The second-order valence-corrected chi connectivity index (χ2v) is 9.04. The molecule has 0 radical (unpaired) electrons. The average molecular weight is 473 g/mol. The van der Waals surface area contributed by atoms with E-state index in [1.54, 1.807) is 24.3 Å². The molecule has 2 amide bonds. The monoisotopic (exact) mass is 472 g/mol. The van der Waals surface area contributed by atoms with Crippen LogP contribution in [-0.2, 0) is 4.79 Å². The number of benzene rings is 3. The predicted molar refractivity (Wildman–Crippen MR) is 131 cm³/mol. The topological polar surface area (TPSA) is 58.2 Å². The second-order valence-electron chi connectivity index (χ2n) is 6.93. The molecule has 0 saturated heterocycles. The summed E-state index contributed by atoms with van der Waals surface area (Å²) in [7, 11) is 0. The highest BCUT2D eigenvalue weighted by atomic mass is 35.5. The van der Waals surface area contributed by atoms with E-state index in [2.05, 4.69) is 10.6 Å². The molecule has 0 aliphatic heterocycles. The predicted octanol–water partition coefficient (Wildman–Crippen LogP) is 7.06. The molecule has 0 bridgehead atoms. The average Bonchev–Trinajstić information content (AvgIpc) is 2.75. The van der Waals surface area contributed by atoms with Gasteiger partial charge in [0.2, 0.25) is 5.91 Å². The molecule has 2 N–H and O–H groups in total. The molecule has 31 heavy (non-hydrogen) atoms. The number of halogens is 2. The zero-order chi connectivity index (χ0) is 22.4. The van der Waals surface area contributed by atoms with Gasteiger partial charge in [-0.15, -0.1) is 11.8 Å². The van der Waals surface area contributed by atoms with Gasteiger partial charge in [-0.25, -0.2) is 0 Å². The van der Waals surface area contributed by atoms with Gasteiger partial charge in [0.1, 0.15) is 0 Å². The van der Waals surface area contributed by atoms with Crippen molar-refractivity contribution in [3.05, 3.63) is 87.9 Å². The Morgan fingerprint density at radius 1 is 0.968 bits per heavy atom. The third-order valence-electron chi connectivity index (χ3n) is 4.61. The lowest BCUT2D eigenvalue weighted by molar-refractivity contribution is -0.115. The van der Waals surface area contributed by atoms with Gasteiger partial charge < -0.3 is 10.6 Å². The van der Waals surface area contributed by atoms with Crippen molar-refractivity contribution in [2.45, 2.75) is 30.4 Å². The van der Waals surface area contributed by atoms with Crippen LogP contribution in [0.4, 0.5) is 11.4 Å². The van der Waals surface area contributed by atoms with E-state index in [1.165, 1.54) is 11.8 Å². The van der Waals surface area contributed by atoms with Gasteiger partial charge in [0.15, 0.2) is 0 Å². The smallest absolute Gasteiger partial charge is 0.255 e. The van der Waals surface area contributed by atoms with Crippen molar-refractivity contribution < 1.29 is 9.59 Å². The molecular weight excluding hydrogens is 451 g/mol. The van der Waals surface area contributed by atoms with Crippen LogP contribution < -0.4 is 10.6 Å². The number of amides is 2. The molecular formula is C24H22Cl2N2O2S. The number of hydrogen-bond donors (Lipinski definition) is 2. The number of rotatable bonds is 7. The zero-order valence-electron chi connectivity index (χ0n) is 17.1. The molecule has 160 valence electrons. The van der Waals surface area contributed by atoms with Crippen LogP contribution in [-0.4, -0.2) is 17.1 Å². The fourth-order valence-corrected chi connectivity index (χ4v) is 4.32. The first-order valence-corrected chi connectivity index (χ1v) is 11.4. The Labute approximate surface area is 196 Å². The number of carbonyl (C=O) groups excluding carboxylic acids is 2. The van der Waals surface area contributed by atoms with Gasteiger partial charge in [-0.3, -0.25) is 9.59 Å². The highest BCUT2D eigenvalue weighted by Gasteiger charge is 2.19. The SMILES string of the molecule is CCC(Sc1cccc(NC(=O)c2ccccc2C)c1)C(=O)Nc1cc(Cl)ccc1Cl. The Bertz CT molecular complexity index is 1100. The minimum atomic E-state index is -0.336. The Kier molecular flexibility index (Phi) is 8.02. The third kappa shape index (κ3) is 6.26. The van der Waals surface area contributed by atoms with Crippen LogP contribution >= 0.6 is 35.0 Å². The summed E-state index contributed by atoms with van der Waals surface area (Å²) in [4.78, 5) is 26.3. The second kappa shape index (κ2) is 10.7. The summed E-state index contributed by atoms with van der Waals surface area (Å²) >= 11 is 13.6. The lowest BCUT2D eigenvalue weighted by Gasteiger charge is -2.16. The first kappa shape index (κ1) is 23.2. The van der Waals surface area contributed by atoms with E-state index in [4.69, 9.17) is 23.2 Å². The molecule has 0 aliphatic rings. The molecule has 4 nitrogen and oxygen atoms in total. The van der Waals surface area contributed by atoms with E-state index in [0.717, 1.165) is 10.5 Å². The quantitative estimate of drug-likeness (QED) is 0.361. The third-order valence-corrected chi connectivity index (χ3v) is 6.53. The minimum Gasteiger partial charge on any atom is -0.324 e. The summed E-state index contributed by atoms with van der Waals surface area (Å²) < 4.78 is 0. The van der Waals surface area contributed by atoms with Crippen molar-refractivity contribution in [1.29, 1.82) is 0 Å². The molecule has 0 saturated carbocycles. The molecule has 3 rings (SSSR count). The number of carbonyl (C=O) groups is 2. The van der Waals surface area contributed by atoms with E-state index in [9.17, 15) is 9.59 Å². The van der Waals surface area contributed by atoms with Crippen molar-refractivity contribution in [3.8, 4) is 0 Å². The van der Waals surface area contributed by atoms with Gasteiger partial charge in [0.25, 0.3) is 5.91 Å². The highest BCUT2D eigenvalue weighted by Crippen LogP contribution is 2.31. The number of anilines is 2. The molecule has 0 spiro atoms. The van der Waals surface area contributed by atoms with Crippen LogP contribution in [0.3, 0.4) is 0 Å². The molecule has 7 heteroatoms. The van der Waals surface area contributed by atoms with Gasteiger partial charge >= 0.3 is 0 Å². The van der Waals surface area contributed by atoms with Crippen LogP contribution in [0.25, 0.3) is 0 Å². The van der Waals surface area contributed by atoms with Crippen LogP contribution in [0.1, 0.15) is 29.3 Å². The maximum atomic E-state index is 12.8. The van der Waals surface area contributed by atoms with E-state index >= 15 is 0 Å². The fraction of sp³-hybridized carbons (Fsp3) is 0.167. The normalized spacial score (nSPS) is 11.6. The summed E-state index contributed by atoms with van der Waals surface area (Å²) in [5, 5.41) is 6.37. The number of nitrogens with one attached hydrogen (secondary N) is 2. The van der Waals surface area contributed by atoms with Gasteiger partial charge in [0, 0.05) is 21.2 Å². The van der Waals surface area contributed by atoms with Crippen LogP contribution in [0, 0.1) is 6.92 Å². The molecule has 3 aromatic carbocycles. The Balaban J connectivity index is 1.69. The highest BCUT2D eigenvalue weighted by molar-refractivity contribution is 8.00. The minimum absolute atomic E-state index is 0.161. The van der Waals surface area contributed by atoms with Crippen molar-refractivity contribution in [3.63, 3.8) is 0 Å². The van der Waals surface area contributed by atoms with Crippen LogP contribution in [0.15, 0.2) is 71.6 Å². The molecule has 0 fully saturated rings. The fourth-order valence-electron chi connectivity index (χ4n) is 2.97. The number of aryl methyl sites for hydroxylation is 1. The van der Waals surface area contributed by atoms with Crippen molar-refractivity contribution >= 4 is 58.2 Å². The lowest BCUT2D eigenvalue weighted by atomic mass is 10.1. The first-order valence-electron chi connectivity index (χ1n) is 9.77. The number of thioether (sulfide) groups is 1. The molecule has 0 aromatic heterocycles. The summed E-state index contributed by atoms with van der Waals surface area (Å²) in [5.41, 5.74) is 2.70. The van der Waals surface area contributed by atoms with Crippen molar-refractivity contribution in [2.75, 3.05) is 10.6 Å². The summed E-state index contributed by atoms with van der Waals surface area (Å²) in [6.07, 6.45) is 0.620. The maximum absolute atomic E-state index is 12.8. The van der Waals surface area contributed by atoms with Gasteiger partial charge in [0.05, 0.1) is 16.0 Å². The molecule has 0 aliphatic carbocycles. The number of hydrogen-bond acceptors (Lipinski definition) is 3. The summed E-state index contributed by atoms with van der Waals surface area (Å²) in [6.45, 7) is 3.85. The Hall–Kier alpha value is -2.47. The van der Waals surface area contributed by atoms with Crippen molar-refractivity contribution in [1.82, 2.24) is 0 Å². The molecule has 3 aromatic rings. The molecule has 0 heterocycles. The van der Waals surface area contributed by atoms with Crippen molar-refractivity contribution in [2.24, 2.45) is 0 Å².